The van der Waals surface area contributed by atoms with E-state index in [1.54, 1.807) is 6.20 Å². The van der Waals surface area contributed by atoms with Crippen molar-refractivity contribution in [3.63, 3.8) is 0 Å². The van der Waals surface area contributed by atoms with E-state index in [-0.39, 0.29) is 0 Å². The lowest BCUT2D eigenvalue weighted by Gasteiger charge is -2.39. The molecular formula is C23H27N5O4. The maximum atomic E-state index is 10.8. The Kier molecular flexibility index (Phi) is 5.91. The standard InChI is InChI=1S/C23H27N5O4/c29-16-31-12-11-26-9-10-27(22(30)14-26)20-13-28(18-4-5-18)23-19(20)6-7-21(25-23)32-15-17-3-1-2-8-24-17/h1-3,6-8,13,16,18,22,30H,4-5,9-12,14-15H2. The summed E-state index contributed by atoms with van der Waals surface area (Å²) in [5.74, 6) is 0.565. The Labute approximate surface area is 186 Å². The van der Waals surface area contributed by atoms with Gasteiger partial charge in [0, 0.05) is 56.1 Å². The van der Waals surface area contributed by atoms with Crippen LogP contribution in [0.15, 0.2) is 42.7 Å². The van der Waals surface area contributed by atoms with Crippen LogP contribution < -0.4 is 9.64 Å². The molecular weight excluding hydrogens is 410 g/mol. The Bertz CT molecular complexity index is 1070. The average Bonchev–Trinajstić information content (AvgIpc) is 3.60. The van der Waals surface area contributed by atoms with Crippen LogP contribution in [0.25, 0.3) is 11.0 Å². The van der Waals surface area contributed by atoms with Gasteiger partial charge in [0.15, 0.2) is 0 Å². The molecule has 0 amide bonds. The summed E-state index contributed by atoms with van der Waals surface area (Å²) >= 11 is 0. The van der Waals surface area contributed by atoms with E-state index in [1.807, 2.05) is 35.2 Å². The fourth-order valence-electron chi connectivity index (χ4n) is 4.19. The van der Waals surface area contributed by atoms with Gasteiger partial charge in [-0.05, 0) is 31.0 Å². The van der Waals surface area contributed by atoms with Crippen molar-refractivity contribution in [2.75, 3.05) is 37.7 Å². The van der Waals surface area contributed by atoms with Gasteiger partial charge in [-0.1, -0.05) is 6.07 Å². The number of aliphatic hydroxyl groups is 1. The first kappa shape index (κ1) is 20.7. The average molecular weight is 438 g/mol. The predicted molar refractivity (Wildman–Crippen MR) is 118 cm³/mol. The Morgan fingerprint density at radius 3 is 2.84 bits per heavy atom. The van der Waals surface area contributed by atoms with Crippen molar-refractivity contribution < 1.29 is 19.4 Å². The third-order valence-corrected chi connectivity index (χ3v) is 6.01. The van der Waals surface area contributed by atoms with Gasteiger partial charge in [-0.3, -0.25) is 14.7 Å². The molecule has 1 saturated heterocycles. The predicted octanol–water partition coefficient (Wildman–Crippen LogP) is 1.96. The molecule has 4 heterocycles. The highest BCUT2D eigenvalue weighted by atomic mass is 16.5. The summed E-state index contributed by atoms with van der Waals surface area (Å²) < 4.78 is 12.9. The highest BCUT2D eigenvalue weighted by molar-refractivity contribution is 5.92. The molecule has 0 radical (unpaired) electrons. The number of carbonyl (C=O) groups is 1. The van der Waals surface area contributed by atoms with Crippen molar-refractivity contribution in [1.29, 1.82) is 0 Å². The van der Waals surface area contributed by atoms with E-state index in [1.165, 1.54) is 0 Å². The van der Waals surface area contributed by atoms with E-state index in [2.05, 4.69) is 20.6 Å². The number of aromatic nitrogens is 3. The molecule has 168 valence electrons. The molecule has 1 atom stereocenters. The molecule has 9 heteroatoms. The molecule has 3 aromatic heterocycles. The van der Waals surface area contributed by atoms with Crippen LogP contribution >= 0.6 is 0 Å². The first-order valence-electron chi connectivity index (χ1n) is 11.0. The van der Waals surface area contributed by atoms with Crippen molar-refractivity contribution >= 4 is 23.2 Å². The lowest BCUT2D eigenvalue weighted by molar-refractivity contribution is -0.129. The monoisotopic (exact) mass is 437 g/mol. The van der Waals surface area contributed by atoms with Gasteiger partial charge in [0.2, 0.25) is 5.88 Å². The lowest BCUT2D eigenvalue weighted by Crippen LogP contribution is -2.53. The fourth-order valence-corrected chi connectivity index (χ4v) is 4.19. The van der Waals surface area contributed by atoms with Crippen LogP contribution in [-0.4, -0.2) is 70.0 Å². The van der Waals surface area contributed by atoms with E-state index in [0.29, 0.717) is 51.2 Å². The lowest BCUT2D eigenvalue weighted by atomic mass is 10.2. The van der Waals surface area contributed by atoms with Crippen LogP contribution in [-0.2, 0) is 16.1 Å². The van der Waals surface area contributed by atoms with Crippen LogP contribution in [0.5, 0.6) is 5.88 Å². The number of carbonyl (C=O) groups excluding carboxylic acids is 1. The highest BCUT2D eigenvalue weighted by Gasteiger charge is 2.31. The minimum absolute atomic E-state index is 0.336. The van der Waals surface area contributed by atoms with Gasteiger partial charge in [-0.2, -0.15) is 4.98 Å². The third-order valence-electron chi connectivity index (χ3n) is 6.01. The molecule has 2 aliphatic rings. The molecule has 0 spiro atoms. The second kappa shape index (κ2) is 9.13. The number of β-amino-alcohol motifs (C(OH)–C–C–N with tert-alkyl or cyclic N) is 1. The van der Waals surface area contributed by atoms with Crippen LogP contribution in [0.4, 0.5) is 5.69 Å². The summed E-state index contributed by atoms with van der Waals surface area (Å²) in [5, 5.41) is 11.9. The first-order valence-corrected chi connectivity index (χ1v) is 11.0. The van der Waals surface area contributed by atoms with Gasteiger partial charge in [-0.25, -0.2) is 0 Å². The number of hydrogen-bond acceptors (Lipinski definition) is 8. The molecule has 1 saturated carbocycles. The molecule has 0 aromatic carbocycles. The SMILES string of the molecule is O=COCCN1CCN(c2cn(C3CC3)c3nc(OCc4ccccn4)ccc23)C(O)C1. The molecule has 1 N–H and O–H groups in total. The summed E-state index contributed by atoms with van der Waals surface area (Å²) in [6.45, 7) is 3.75. The van der Waals surface area contributed by atoms with Gasteiger partial charge >= 0.3 is 0 Å². The van der Waals surface area contributed by atoms with Crippen molar-refractivity contribution in [3.8, 4) is 5.88 Å². The van der Waals surface area contributed by atoms with Crippen molar-refractivity contribution in [3.05, 3.63) is 48.4 Å². The molecule has 3 aromatic rings. The number of aliphatic hydroxyl groups excluding tert-OH is 1. The smallest absolute Gasteiger partial charge is 0.293 e. The van der Waals surface area contributed by atoms with Gasteiger partial charge < -0.3 is 24.0 Å². The number of fused-ring (bicyclic) bond motifs is 1. The summed E-state index contributed by atoms with van der Waals surface area (Å²) in [7, 11) is 0. The van der Waals surface area contributed by atoms with Crippen LogP contribution in [0.1, 0.15) is 24.6 Å². The van der Waals surface area contributed by atoms with E-state index in [4.69, 9.17) is 14.5 Å². The summed E-state index contributed by atoms with van der Waals surface area (Å²) in [6.07, 6.45) is 5.50. The zero-order valence-corrected chi connectivity index (χ0v) is 17.8. The van der Waals surface area contributed by atoms with Crippen molar-refractivity contribution in [1.82, 2.24) is 19.4 Å². The molecule has 0 bridgehead atoms. The highest BCUT2D eigenvalue weighted by Crippen LogP contribution is 2.41. The van der Waals surface area contributed by atoms with Gasteiger partial charge in [0.25, 0.3) is 6.47 Å². The second-order valence-electron chi connectivity index (χ2n) is 8.22. The number of hydrogen-bond donors (Lipinski definition) is 1. The summed E-state index contributed by atoms with van der Waals surface area (Å²) in [5.41, 5.74) is 2.73. The van der Waals surface area contributed by atoms with E-state index in [0.717, 1.165) is 41.8 Å². The Morgan fingerprint density at radius 1 is 1.19 bits per heavy atom. The molecule has 1 unspecified atom stereocenters. The van der Waals surface area contributed by atoms with Crippen molar-refractivity contribution in [2.45, 2.75) is 31.7 Å². The number of pyridine rings is 2. The fraction of sp³-hybridized carbons (Fsp3) is 0.435. The van der Waals surface area contributed by atoms with E-state index in [9.17, 15) is 9.90 Å². The maximum absolute atomic E-state index is 10.8. The minimum atomic E-state index is -0.640. The van der Waals surface area contributed by atoms with Gasteiger partial charge in [0.1, 0.15) is 25.1 Å². The molecule has 1 aliphatic carbocycles. The third kappa shape index (κ3) is 4.39. The largest absolute Gasteiger partial charge is 0.471 e. The molecule has 32 heavy (non-hydrogen) atoms. The number of ether oxygens (including phenoxy) is 2. The second-order valence-corrected chi connectivity index (χ2v) is 8.22. The molecule has 9 nitrogen and oxygen atoms in total. The van der Waals surface area contributed by atoms with Crippen LogP contribution in [0, 0.1) is 0 Å². The Balaban J connectivity index is 1.35. The number of nitrogens with zero attached hydrogens (tertiary/aromatic N) is 5. The van der Waals surface area contributed by atoms with E-state index < -0.39 is 6.23 Å². The van der Waals surface area contributed by atoms with Crippen LogP contribution in [0.3, 0.4) is 0 Å². The molecule has 1 aliphatic heterocycles. The normalized spacial score (nSPS) is 19.3. The number of rotatable bonds is 9. The summed E-state index contributed by atoms with van der Waals surface area (Å²) in [4.78, 5) is 23.6. The van der Waals surface area contributed by atoms with Crippen LogP contribution in [0.2, 0.25) is 0 Å². The zero-order valence-electron chi connectivity index (χ0n) is 17.8. The molecule has 5 rings (SSSR count). The van der Waals surface area contributed by atoms with Gasteiger partial charge in [0.05, 0.1) is 11.4 Å². The Hall–Kier alpha value is -3.17. The van der Waals surface area contributed by atoms with Crippen molar-refractivity contribution in [2.24, 2.45) is 0 Å². The molecule has 2 fully saturated rings. The maximum Gasteiger partial charge on any atom is 0.293 e. The Morgan fingerprint density at radius 2 is 2.09 bits per heavy atom. The first-order chi connectivity index (χ1) is 15.7. The minimum Gasteiger partial charge on any atom is -0.471 e. The zero-order chi connectivity index (χ0) is 21.9. The summed E-state index contributed by atoms with van der Waals surface area (Å²) in [6, 6.07) is 10.1. The quantitative estimate of drug-likeness (QED) is 0.401. The van der Waals surface area contributed by atoms with Gasteiger partial charge in [-0.15, -0.1) is 0 Å². The number of anilines is 1. The number of piperazine rings is 1. The topological polar surface area (TPSA) is 93.0 Å². The van der Waals surface area contributed by atoms with E-state index >= 15 is 0 Å².